The van der Waals surface area contributed by atoms with Gasteiger partial charge in [-0.05, 0) is 31.9 Å². The van der Waals surface area contributed by atoms with Gasteiger partial charge in [-0.1, -0.05) is 18.2 Å². The molecule has 0 unspecified atom stereocenters. The van der Waals surface area contributed by atoms with Crippen LogP contribution in [0.1, 0.15) is 21.8 Å². The molecule has 4 nitrogen and oxygen atoms in total. The van der Waals surface area contributed by atoms with E-state index < -0.39 is 0 Å². The Morgan fingerprint density at radius 3 is 2.70 bits per heavy atom. The second-order valence-electron chi connectivity index (χ2n) is 5.27. The Morgan fingerprint density at radius 2 is 2.04 bits per heavy atom. The number of carbonyl (C=O) groups is 1. The van der Waals surface area contributed by atoms with Crippen LogP contribution in [0, 0.1) is 20.8 Å². The lowest BCUT2D eigenvalue weighted by atomic mass is 10.1. The molecule has 0 aliphatic carbocycles. The van der Waals surface area contributed by atoms with Gasteiger partial charge in [0.1, 0.15) is 12.4 Å². The zero-order valence-electron chi connectivity index (χ0n) is 13.7. The molecule has 1 N–H and O–H groups in total. The largest absolute Gasteiger partial charge is 0.491 e. The number of nitrogens with one attached hydrogen (secondary N) is 1. The normalized spacial score (nSPS) is 10.6. The van der Waals surface area contributed by atoms with Crippen LogP contribution in [-0.2, 0) is 10.5 Å². The second kappa shape index (κ2) is 8.93. The van der Waals surface area contributed by atoms with Crippen LogP contribution in [0.3, 0.4) is 0 Å². The minimum atomic E-state index is 0.0343. The van der Waals surface area contributed by atoms with Crippen molar-refractivity contribution in [2.45, 2.75) is 26.5 Å². The lowest BCUT2D eigenvalue weighted by Gasteiger charge is -2.12. The molecule has 0 radical (unpaired) electrons. The third-order valence-electron chi connectivity index (χ3n) is 3.23. The van der Waals surface area contributed by atoms with Crippen LogP contribution in [-0.4, -0.2) is 29.8 Å². The number of rotatable bonds is 8. The molecule has 0 bridgehead atoms. The summed E-state index contributed by atoms with van der Waals surface area (Å²) in [6, 6.07) is 6.07. The molecule has 6 heteroatoms. The number of carbonyl (C=O) groups excluding carboxylic acids is 1. The van der Waals surface area contributed by atoms with Gasteiger partial charge in [-0.25, -0.2) is 4.98 Å². The van der Waals surface area contributed by atoms with Gasteiger partial charge in [0.25, 0.3) is 0 Å². The highest BCUT2D eigenvalue weighted by Gasteiger charge is 2.05. The first-order valence-electron chi connectivity index (χ1n) is 7.50. The first kappa shape index (κ1) is 17.8. The number of hydrogen-bond donors (Lipinski definition) is 1. The Kier molecular flexibility index (Phi) is 6.92. The van der Waals surface area contributed by atoms with E-state index in [2.05, 4.69) is 10.3 Å². The molecule has 0 fully saturated rings. The second-order valence-corrected chi connectivity index (χ2v) is 7.32. The number of ether oxygens (including phenoxy) is 1. The Hall–Kier alpha value is -1.53. The predicted octanol–water partition coefficient (Wildman–Crippen LogP) is 3.50. The van der Waals surface area contributed by atoms with Crippen molar-refractivity contribution in [1.29, 1.82) is 0 Å². The SMILES string of the molecule is Cc1nc(CSCC(=O)NCCOc2c(C)cccc2C)cs1. The molecule has 124 valence electrons. The van der Waals surface area contributed by atoms with E-state index in [9.17, 15) is 4.79 Å². The molecule has 0 aliphatic rings. The van der Waals surface area contributed by atoms with Crippen LogP contribution >= 0.6 is 23.1 Å². The minimum Gasteiger partial charge on any atom is -0.491 e. The van der Waals surface area contributed by atoms with Gasteiger partial charge in [0.15, 0.2) is 0 Å². The third-order valence-corrected chi connectivity index (χ3v) is 5.02. The topological polar surface area (TPSA) is 51.2 Å². The van der Waals surface area contributed by atoms with Crippen molar-refractivity contribution < 1.29 is 9.53 Å². The van der Waals surface area contributed by atoms with Gasteiger partial charge in [0, 0.05) is 11.1 Å². The molecule has 2 rings (SSSR count). The van der Waals surface area contributed by atoms with E-state index in [1.165, 1.54) is 0 Å². The first-order chi connectivity index (χ1) is 11.1. The Balaban J connectivity index is 1.61. The zero-order chi connectivity index (χ0) is 16.7. The maximum absolute atomic E-state index is 11.8. The summed E-state index contributed by atoms with van der Waals surface area (Å²) in [5, 5.41) is 5.98. The van der Waals surface area contributed by atoms with Crippen molar-refractivity contribution in [2.75, 3.05) is 18.9 Å². The fraction of sp³-hybridized carbons (Fsp3) is 0.412. The summed E-state index contributed by atoms with van der Waals surface area (Å²) < 4.78 is 5.76. The van der Waals surface area contributed by atoms with Crippen LogP contribution in [0.4, 0.5) is 0 Å². The van der Waals surface area contributed by atoms with E-state index in [0.29, 0.717) is 18.9 Å². The van der Waals surface area contributed by atoms with Gasteiger partial charge >= 0.3 is 0 Å². The Bertz CT molecular complexity index is 636. The molecule has 0 spiro atoms. The van der Waals surface area contributed by atoms with Gasteiger partial charge in [-0.2, -0.15) is 0 Å². The molecule has 0 atom stereocenters. The highest BCUT2D eigenvalue weighted by atomic mass is 32.2. The molecule has 1 aromatic carbocycles. The average Bonchev–Trinajstić information content (AvgIpc) is 2.91. The lowest BCUT2D eigenvalue weighted by Crippen LogP contribution is -2.29. The van der Waals surface area contributed by atoms with Gasteiger partial charge in [0.05, 0.1) is 23.0 Å². The number of para-hydroxylation sites is 1. The summed E-state index contributed by atoms with van der Waals surface area (Å²) >= 11 is 3.22. The van der Waals surface area contributed by atoms with Crippen LogP contribution < -0.4 is 10.1 Å². The maximum atomic E-state index is 11.8. The Morgan fingerprint density at radius 1 is 1.30 bits per heavy atom. The fourth-order valence-electron chi connectivity index (χ4n) is 2.14. The number of amides is 1. The summed E-state index contributed by atoms with van der Waals surface area (Å²) in [5.41, 5.74) is 3.28. The van der Waals surface area contributed by atoms with Gasteiger partial charge in [-0.3, -0.25) is 4.79 Å². The van der Waals surface area contributed by atoms with Crippen molar-refractivity contribution >= 4 is 29.0 Å². The van der Waals surface area contributed by atoms with Crippen molar-refractivity contribution in [2.24, 2.45) is 0 Å². The number of nitrogens with zero attached hydrogens (tertiary/aromatic N) is 1. The molecular weight excluding hydrogens is 328 g/mol. The molecule has 0 saturated heterocycles. The molecule has 0 saturated carbocycles. The number of benzene rings is 1. The summed E-state index contributed by atoms with van der Waals surface area (Å²) in [7, 11) is 0. The van der Waals surface area contributed by atoms with E-state index in [0.717, 1.165) is 33.3 Å². The number of aryl methyl sites for hydroxylation is 3. The number of thiazole rings is 1. The van der Waals surface area contributed by atoms with E-state index in [1.54, 1.807) is 23.1 Å². The molecule has 1 amide bonds. The fourth-order valence-corrected chi connectivity index (χ4v) is 3.61. The number of aromatic nitrogens is 1. The van der Waals surface area contributed by atoms with Gasteiger partial charge < -0.3 is 10.1 Å². The zero-order valence-corrected chi connectivity index (χ0v) is 15.4. The van der Waals surface area contributed by atoms with Crippen LogP contribution in [0.25, 0.3) is 0 Å². The van der Waals surface area contributed by atoms with Gasteiger partial charge in [-0.15, -0.1) is 23.1 Å². The summed E-state index contributed by atoms with van der Waals surface area (Å²) in [6.45, 7) is 7.04. The average molecular weight is 351 g/mol. The molecule has 23 heavy (non-hydrogen) atoms. The highest BCUT2D eigenvalue weighted by molar-refractivity contribution is 7.99. The summed E-state index contributed by atoms with van der Waals surface area (Å²) in [4.78, 5) is 16.2. The van der Waals surface area contributed by atoms with E-state index in [4.69, 9.17) is 4.74 Å². The monoisotopic (exact) mass is 350 g/mol. The van der Waals surface area contributed by atoms with Crippen LogP contribution in [0.5, 0.6) is 5.75 Å². The van der Waals surface area contributed by atoms with Crippen LogP contribution in [0.2, 0.25) is 0 Å². The van der Waals surface area contributed by atoms with E-state index in [1.807, 2.05) is 44.4 Å². The summed E-state index contributed by atoms with van der Waals surface area (Å²) in [5.74, 6) is 2.17. The standard InChI is InChI=1S/C17H22N2O2S2/c1-12-5-4-6-13(2)17(12)21-8-7-18-16(20)11-22-9-15-10-23-14(3)19-15/h4-6,10H,7-9,11H2,1-3H3,(H,18,20). The quantitative estimate of drug-likeness (QED) is 0.741. The molecule has 2 aromatic rings. The minimum absolute atomic E-state index is 0.0343. The smallest absolute Gasteiger partial charge is 0.230 e. The number of hydrogen-bond acceptors (Lipinski definition) is 5. The van der Waals surface area contributed by atoms with E-state index >= 15 is 0 Å². The first-order valence-corrected chi connectivity index (χ1v) is 9.54. The van der Waals surface area contributed by atoms with Crippen molar-refractivity contribution in [3.63, 3.8) is 0 Å². The molecule has 1 heterocycles. The van der Waals surface area contributed by atoms with Crippen LogP contribution in [0.15, 0.2) is 23.6 Å². The lowest BCUT2D eigenvalue weighted by molar-refractivity contribution is -0.118. The molecule has 1 aromatic heterocycles. The van der Waals surface area contributed by atoms with Gasteiger partial charge in [0.2, 0.25) is 5.91 Å². The van der Waals surface area contributed by atoms with Crippen molar-refractivity contribution in [3.05, 3.63) is 45.4 Å². The van der Waals surface area contributed by atoms with Crippen molar-refractivity contribution in [3.8, 4) is 5.75 Å². The predicted molar refractivity (Wildman–Crippen MR) is 97.4 cm³/mol. The molecular formula is C17H22N2O2S2. The third kappa shape index (κ3) is 5.88. The maximum Gasteiger partial charge on any atom is 0.230 e. The van der Waals surface area contributed by atoms with Crippen molar-refractivity contribution in [1.82, 2.24) is 10.3 Å². The summed E-state index contributed by atoms with van der Waals surface area (Å²) in [6.07, 6.45) is 0. The number of thioether (sulfide) groups is 1. The van der Waals surface area contributed by atoms with E-state index in [-0.39, 0.29) is 5.91 Å². The highest BCUT2D eigenvalue weighted by Crippen LogP contribution is 2.21. The molecule has 0 aliphatic heterocycles. The Labute approximate surface area is 145 Å².